The second-order valence-electron chi connectivity index (χ2n) is 3.39. The molecule has 0 N–H and O–H groups in total. The topological polar surface area (TPSA) is 36.7 Å². The summed E-state index contributed by atoms with van der Waals surface area (Å²) in [6, 6.07) is 9.73. The van der Waals surface area contributed by atoms with Gasteiger partial charge in [-0.2, -0.15) is 5.26 Å². The van der Waals surface area contributed by atoms with Crippen LogP contribution in [0.4, 0.5) is 0 Å². The van der Waals surface area contributed by atoms with Crippen molar-refractivity contribution >= 4 is 34.3 Å². The van der Waals surface area contributed by atoms with E-state index in [0.717, 1.165) is 26.5 Å². The fourth-order valence-corrected chi connectivity index (χ4v) is 2.32. The Kier molecular flexibility index (Phi) is 3.33. The van der Waals surface area contributed by atoms with Gasteiger partial charge in [-0.15, -0.1) is 0 Å². The SMILES string of the molecule is Cc1cc(SCC#N)nc2ccc(Cl)cc12. The van der Waals surface area contributed by atoms with Crippen LogP contribution in [0, 0.1) is 18.3 Å². The van der Waals surface area contributed by atoms with Crippen LogP contribution in [0.15, 0.2) is 29.3 Å². The second kappa shape index (κ2) is 4.73. The third-order valence-electron chi connectivity index (χ3n) is 2.24. The van der Waals surface area contributed by atoms with Gasteiger partial charge in [0.25, 0.3) is 0 Å². The summed E-state index contributed by atoms with van der Waals surface area (Å²) >= 11 is 7.39. The van der Waals surface area contributed by atoms with Crippen molar-refractivity contribution in [3.63, 3.8) is 0 Å². The highest BCUT2D eigenvalue weighted by atomic mass is 35.5. The molecule has 0 saturated heterocycles. The van der Waals surface area contributed by atoms with Crippen molar-refractivity contribution in [1.29, 1.82) is 5.26 Å². The molecule has 2 rings (SSSR count). The zero-order valence-corrected chi connectivity index (χ0v) is 10.3. The van der Waals surface area contributed by atoms with Gasteiger partial charge in [0, 0.05) is 10.4 Å². The number of aryl methyl sites for hydroxylation is 1. The van der Waals surface area contributed by atoms with Gasteiger partial charge in [0.05, 0.1) is 22.4 Å². The Morgan fingerprint density at radius 2 is 2.25 bits per heavy atom. The molecule has 0 aliphatic rings. The number of benzene rings is 1. The summed E-state index contributed by atoms with van der Waals surface area (Å²) in [4.78, 5) is 4.47. The summed E-state index contributed by atoms with van der Waals surface area (Å²) in [6.07, 6.45) is 0. The van der Waals surface area contributed by atoms with E-state index < -0.39 is 0 Å². The summed E-state index contributed by atoms with van der Waals surface area (Å²) in [7, 11) is 0. The molecule has 16 heavy (non-hydrogen) atoms. The zero-order valence-electron chi connectivity index (χ0n) is 8.70. The molecular weight excluding hydrogens is 240 g/mol. The van der Waals surface area contributed by atoms with Crippen molar-refractivity contribution in [2.24, 2.45) is 0 Å². The lowest BCUT2D eigenvalue weighted by Crippen LogP contribution is -1.87. The van der Waals surface area contributed by atoms with Gasteiger partial charge in [-0.05, 0) is 36.8 Å². The third-order valence-corrected chi connectivity index (χ3v) is 3.25. The molecule has 0 fully saturated rings. The summed E-state index contributed by atoms with van der Waals surface area (Å²) in [6.45, 7) is 2.02. The first-order valence-corrected chi connectivity index (χ1v) is 6.14. The van der Waals surface area contributed by atoms with E-state index in [4.69, 9.17) is 16.9 Å². The minimum Gasteiger partial charge on any atom is -0.241 e. The average molecular weight is 249 g/mol. The molecule has 0 spiro atoms. The molecule has 2 nitrogen and oxygen atoms in total. The van der Waals surface area contributed by atoms with E-state index in [-0.39, 0.29) is 0 Å². The number of nitriles is 1. The highest BCUT2D eigenvalue weighted by Crippen LogP contribution is 2.25. The van der Waals surface area contributed by atoms with Crippen molar-refractivity contribution in [1.82, 2.24) is 4.98 Å². The molecule has 0 radical (unpaired) electrons. The Balaban J connectivity index is 2.51. The molecule has 0 unspecified atom stereocenters. The number of hydrogen-bond donors (Lipinski definition) is 0. The Labute approximate surface area is 103 Å². The number of nitrogens with zero attached hydrogens (tertiary/aromatic N) is 2. The van der Waals surface area contributed by atoms with Gasteiger partial charge in [-0.25, -0.2) is 4.98 Å². The first-order chi connectivity index (χ1) is 7.70. The van der Waals surface area contributed by atoms with Crippen LogP contribution in [0.1, 0.15) is 5.56 Å². The first-order valence-electron chi connectivity index (χ1n) is 4.77. The fraction of sp³-hybridized carbons (Fsp3) is 0.167. The van der Waals surface area contributed by atoms with Gasteiger partial charge in [-0.3, -0.25) is 0 Å². The summed E-state index contributed by atoms with van der Waals surface area (Å²) in [5, 5.41) is 11.2. The van der Waals surface area contributed by atoms with Gasteiger partial charge in [0.15, 0.2) is 0 Å². The highest BCUT2D eigenvalue weighted by Gasteiger charge is 2.03. The maximum atomic E-state index is 8.53. The van der Waals surface area contributed by atoms with Crippen LogP contribution in [-0.2, 0) is 0 Å². The molecule has 1 heterocycles. The van der Waals surface area contributed by atoms with Crippen LogP contribution < -0.4 is 0 Å². The second-order valence-corrected chi connectivity index (χ2v) is 4.82. The van der Waals surface area contributed by atoms with Crippen LogP contribution >= 0.6 is 23.4 Å². The molecule has 80 valence electrons. The number of halogens is 1. The molecule has 2 aromatic rings. The minimum atomic E-state index is 0.422. The lowest BCUT2D eigenvalue weighted by atomic mass is 10.1. The van der Waals surface area contributed by atoms with Gasteiger partial charge in [-0.1, -0.05) is 23.4 Å². The van der Waals surface area contributed by atoms with E-state index >= 15 is 0 Å². The standard InChI is InChI=1S/C12H9ClN2S/c1-8-6-12(16-5-4-14)15-11-3-2-9(13)7-10(8)11/h2-3,6-7H,5H2,1H3. The number of fused-ring (bicyclic) bond motifs is 1. The summed E-state index contributed by atoms with van der Waals surface area (Å²) in [5.74, 6) is 0.422. The number of hydrogen-bond acceptors (Lipinski definition) is 3. The average Bonchev–Trinajstić information content (AvgIpc) is 2.27. The van der Waals surface area contributed by atoms with Gasteiger partial charge < -0.3 is 0 Å². The van der Waals surface area contributed by atoms with Crippen LogP contribution in [-0.4, -0.2) is 10.7 Å². The smallest absolute Gasteiger partial charge is 0.0980 e. The van der Waals surface area contributed by atoms with Crippen molar-refractivity contribution < 1.29 is 0 Å². The molecular formula is C12H9ClN2S. The van der Waals surface area contributed by atoms with E-state index in [9.17, 15) is 0 Å². The van der Waals surface area contributed by atoms with Crippen LogP contribution in [0.25, 0.3) is 10.9 Å². The molecule has 0 amide bonds. The van der Waals surface area contributed by atoms with Gasteiger partial charge in [0.2, 0.25) is 0 Å². The van der Waals surface area contributed by atoms with E-state index in [0.29, 0.717) is 5.75 Å². The molecule has 1 aromatic heterocycles. The fourth-order valence-electron chi connectivity index (χ4n) is 1.52. The predicted octanol–water partition coefficient (Wildman–Crippen LogP) is 3.81. The van der Waals surface area contributed by atoms with Gasteiger partial charge >= 0.3 is 0 Å². The molecule has 0 aliphatic heterocycles. The van der Waals surface area contributed by atoms with E-state index in [2.05, 4.69) is 11.1 Å². The van der Waals surface area contributed by atoms with Crippen molar-refractivity contribution in [2.75, 3.05) is 5.75 Å². The molecule has 1 aromatic carbocycles. The Morgan fingerprint density at radius 1 is 1.44 bits per heavy atom. The maximum Gasteiger partial charge on any atom is 0.0980 e. The summed E-state index contributed by atoms with van der Waals surface area (Å²) < 4.78 is 0. The monoisotopic (exact) mass is 248 g/mol. The summed E-state index contributed by atoms with van der Waals surface area (Å²) in [5.41, 5.74) is 2.05. The lowest BCUT2D eigenvalue weighted by Gasteiger charge is -2.05. The van der Waals surface area contributed by atoms with Crippen LogP contribution in [0.3, 0.4) is 0 Å². The number of pyridine rings is 1. The third kappa shape index (κ3) is 2.29. The van der Waals surface area contributed by atoms with Gasteiger partial charge in [0.1, 0.15) is 0 Å². The normalized spacial score (nSPS) is 10.3. The predicted molar refractivity (Wildman–Crippen MR) is 67.8 cm³/mol. The Hall–Kier alpha value is -1.24. The Morgan fingerprint density at radius 3 is 3.00 bits per heavy atom. The van der Waals surface area contributed by atoms with E-state index in [1.54, 1.807) is 0 Å². The quantitative estimate of drug-likeness (QED) is 0.759. The Bertz CT molecular complexity index is 575. The molecule has 4 heteroatoms. The zero-order chi connectivity index (χ0) is 11.5. The lowest BCUT2D eigenvalue weighted by molar-refractivity contribution is 1.17. The van der Waals surface area contributed by atoms with Crippen molar-refractivity contribution in [3.8, 4) is 6.07 Å². The highest BCUT2D eigenvalue weighted by molar-refractivity contribution is 7.99. The first kappa shape index (κ1) is 11.3. The molecule has 0 saturated carbocycles. The van der Waals surface area contributed by atoms with E-state index in [1.807, 2.05) is 31.2 Å². The maximum absolute atomic E-state index is 8.53. The molecule has 0 atom stereocenters. The number of rotatable bonds is 2. The minimum absolute atomic E-state index is 0.422. The van der Waals surface area contributed by atoms with Crippen molar-refractivity contribution in [3.05, 3.63) is 34.9 Å². The van der Waals surface area contributed by atoms with Crippen LogP contribution in [0.5, 0.6) is 0 Å². The molecule has 0 bridgehead atoms. The molecule has 0 aliphatic carbocycles. The van der Waals surface area contributed by atoms with Crippen LogP contribution in [0.2, 0.25) is 5.02 Å². The van der Waals surface area contributed by atoms with E-state index in [1.165, 1.54) is 11.8 Å². The number of aromatic nitrogens is 1. The number of thioether (sulfide) groups is 1. The van der Waals surface area contributed by atoms with Crippen molar-refractivity contribution in [2.45, 2.75) is 11.9 Å². The largest absolute Gasteiger partial charge is 0.241 e.